The first-order valence-electron chi connectivity index (χ1n) is 9.92. The monoisotopic (exact) mass is 370 g/mol. The van der Waals surface area contributed by atoms with Gasteiger partial charge in [-0.25, -0.2) is 4.79 Å². The Morgan fingerprint density at radius 2 is 2.08 bits per heavy atom. The van der Waals surface area contributed by atoms with Gasteiger partial charge in [0.2, 0.25) is 0 Å². The molecule has 1 rings (SSSR count). The van der Waals surface area contributed by atoms with E-state index in [1.807, 2.05) is 20.8 Å². The maximum Gasteiger partial charge on any atom is 0.407 e. The molecular weight excluding hydrogens is 332 g/mol. The molecule has 152 valence electrons. The number of aliphatic hydroxyl groups excluding tert-OH is 1. The van der Waals surface area contributed by atoms with E-state index in [-0.39, 0.29) is 18.7 Å². The minimum Gasteiger partial charge on any atom is -0.444 e. The van der Waals surface area contributed by atoms with Crippen LogP contribution in [0.1, 0.15) is 60.3 Å². The van der Waals surface area contributed by atoms with Crippen LogP contribution in [0.15, 0.2) is 4.99 Å². The molecule has 0 spiro atoms. The lowest BCUT2D eigenvalue weighted by molar-refractivity contribution is 0.0507. The summed E-state index contributed by atoms with van der Waals surface area (Å²) in [5.41, 5.74) is -0.486. The van der Waals surface area contributed by atoms with Crippen molar-refractivity contribution in [2.75, 3.05) is 32.8 Å². The van der Waals surface area contributed by atoms with Crippen LogP contribution in [0.3, 0.4) is 0 Å². The van der Waals surface area contributed by atoms with Gasteiger partial charge in [-0.2, -0.15) is 0 Å². The highest BCUT2D eigenvalue weighted by molar-refractivity contribution is 5.80. The van der Waals surface area contributed by atoms with E-state index in [0.29, 0.717) is 5.92 Å². The van der Waals surface area contributed by atoms with Gasteiger partial charge >= 0.3 is 6.09 Å². The number of guanidine groups is 1. The van der Waals surface area contributed by atoms with E-state index >= 15 is 0 Å². The van der Waals surface area contributed by atoms with Crippen molar-refractivity contribution in [3.63, 3.8) is 0 Å². The molecule has 0 aromatic rings. The highest BCUT2D eigenvalue weighted by Gasteiger charge is 2.28. The number of hydrogen-bond acceptors (Lipinski definition) is 4. The molecule has 0 bridgehead atoms. The molecule has 2 unspecified atom stereocenters. The standard InChI is InChI=1S/C19H38N4O3/c1-6-8-15(10-12-24)13-21-17(20-7-2)23-11-9-16(14-23)22-18(25)26-19(3,4)5/h15-16,24H,6-14H2,1-5H3,(H,20,21)(H,22,25). The Bertz CT molecular complexity index is 443. The van der Waals surface area contributed by atoms with Crippen LogP contribution in [0.2, 0.25) is 0 Å². The Balaban J connectivity index is 2.59. The molecule has 1 heterocycles. The number of nitrogens with one attached hydrogen (secondary N) is 2. The van der Waals surface area contributed by atoms with Crippen LogP contribution in [0.5, 0.6) is 0 Å². The average Bonchev–Trinajstić information content (AvgIpc) is 2.97. The summed E-state index contributed by atoms with van der Waals surface area (Å²) in [6, 6.07) is 0.0672. The predicted molar refractivity (Wildman–Crippen MR) is 105 cm³/mol. The maximum atomic E-state index is 12.0. The van der Waals surface area contributed by atoms with Gasteiger partial charge < -0.3 is 25.4 Å². The third-order valence-electron chi connectivity index (χ3n) is 4.28. The van der Waals surface area contributed by atoms with Gasteiger partial charge in [0, 0.05) is 32.8 Å². The summed E-state index contributed by atoms with van der Waals surface area (Å²) >= 11 is 0. The normalized spacial score (nSPS) is 19.4. The molecule has 0 saturated carbocycles. The number of nitrogens with zero attached hydrogens (tertiary/aromatic N) is 2. The molecule has 1 aliphatic rings. The van der Waals surface area contributed by atoms with E-state index in [1.54, 1.807) is 0 Å². The summed E-state index contributed by atoms with van der Waals surface area (Å²) in [7, 11) is 0. The van der Waals surface area contributed by atoms with Gasteiger partial charge in [0.25, 0.3) is 0 Å². The van der Waals surface area contributed by atoms with E-state index in [9.17, 15) is 9.90 Å². The molecule has 0 radical (unpaired) electrons. The Morgan fingerprint density at radius 1 is 1.35 bits per heavy atom. The Labute approximate surface area is 158 Å². The molecule has 2 atom stereocenters. The molecular formula is C19H38N4O3. The summed E-state index contributed by atoms with van der Waals surface area (Å²) in [5, 5.41) is 15.5. The van der Waals surface area contributed by atoms with E-state index in [0.717, 1.165) is 57.8 Å². The second-order valence-corrected chi connectivity index (χ2v) is 7.94. The van der Waals surface area contributed by atoms with Gasteiger partial charge in [0.15, 0.2) is 5.96 Å². The SMILES string of the molecule is CCCC(CCO)CN=C(NCC)N1CCC(NC(=O)OC(C)(C)C)C1. The minimum atomic E-state index is -0.486. The first-order chi connectivity index (χ1) is 12.3. The summed E-state index contributed by atoms with van der Waals surface area (Å²) in [6.45, 7) is 13.1. The number of rotatable bonds is 8. The smallest absolute Gasteiger partial charge is 0.407 e. The zero-order valence-corrected chi connectivity index (χ0v) is 17.2. The zero-order chi connectivity index (χ0) is 19.6. The Hall–Kier alpha value is -1.50. The number of ether oxygens (including phenoxy) is 1. The van der Waals surface area contributed by atoms with Crippen molar-refractivity contribution >= 4 is 12.1 Å². The van der Waals surface area contributed by atoms with Crippen molar-refractivity contribution < 1.29 is 14.6 Å². The van der Waals surface area contributed by atoms with Crippen LogP contribution >= 0.6 is 0 Å². The Kier molecular flexibility index (Phi) is 9.76. The lowest BCUT2D eigenvalue weighted by atomic mass is 10.0. The number of aliphatic hydroxyl groups is 1. The number of likely N-dealkylation sites (tertiary alicyclic amines) is 1. The van der Waals surface area contributed by atoms with Crippen LogP contribution in [0.25, 0.3) is 0 Å². The van der Waals surface area contributed by atoms with Crippen molar-refractivity contribution in [2.24, 2.45) is 10.9 Å². The van der Waals surface area contributed by atoms with E-state index in [4.69, 9.17) is 9.73 Å². The summed E-state index contributed by atoms with van der Waals surface area (Å²) in [4.78, 5) is 18.9. The molecule has 1 aliphatic heterocycles. The lowest BCUT2D eigenvalue weighted by Gasteiger charge is -2.24. The molecule has 3 N–H and O–H groups in total. The maximum absolute atomic E-state index is 12.0. The first-order valence-corrected chi connectivity index (χ1v) is 9.92. The van der Waals surface area contributed by atoms with Crippen molar-refractivity contribution in [3.8, 4) is 0 Å². The quantitative estimate of drug-likeness (QED) is 0.451. The fourth-order valence-corrected chi connectivity index (χ4v) is 3.10. The molecule has 0 aromatic heterocycles. The molecule has 7 nitrogen and oxygen atoms in total. The zero-order valence-electron chi connectivity index (χ0n) is 17.2. The van der Waals surface area contributed by atoms with Gasteiger partial charge in [-0.05, 0) is 52.9 Å². The van der Waals surface area contributed by atoms with E-state index in [1.165, 1.54) is 0 Å². The fraction of sp³-hybridized carbons (Fsp3) is 0.895. The van der Waals surface area contributed by atoms with Crippen LogP contribution in [0, 0.1) is 5.92 Å². The van der Waals surface area contributed by atoms with Crippen LogP contribution in [-0.2, 0) is 4.74 Å². The molecule has 1 fully saturated rings. The van der Waals surface area contributed by atoms with Gasteiger partial charge in [0.1, 0.15) is 5.60 Å². The number of alkyl carbamates (subject to hydrolysis) is 1. The van der Waals surface area contributed by atoms with Crippen molar-refractivity contribution in [1.29, 1.82) is 0 Å². The van der Waals surface area contributed by atoms with Crippen molar-refractivity contribution in [1.82, 2.24) is 15.5 Å². The van der Waals surface area contributed by atoms with E-state index in [2.05, 4.69) is 29.4 Å². The topological polar surface area (TPSA) is 86.2 Å². The molecule has 1 amide bonds. The number of hydrogen-bond donors (Lipinski definition) is 3. The first kappa shape index (κ1) is 22.5. The molecule has 1 saturated heterocycles. The van der Waals surface area contributed by atoms with Gasteiger partial charge in [-0.15, -0.1) is 0 Å². The number of aliphatic imine (C=N–C) groups is 1. The Morgan fingerprint density at radius 3 is 2.65 bits per heavy atom. The third kappa shape index (κ3) is 8.74. The van der Waals surface area contributed by atoms with Crippen LogP contribution in [0.4, 0.5) is 4.79 Å². The third-order valence-corrected chi connectivity index (χ3v) is 4.28. The highest BCUT2D eigenvalue weighted by atomic mass is 16.6. The van der Waals surface area contributed by atoms with Gasteiger partial charge in [-0.3, -0.25) is 4.99 Å². The predicted octanol–water partition coefficient (Wildman–Crippen LogP) is 2.35. The molecule has 0 aliphatic carbocycles. The van der Waals surface area contributed by atoms with Crippen molar-refractivity contribution in [2.45, 2.75) is 71.9 Å². The van der Waals surface area contributed by atoms with Gasteiger partial charge in [-0.1, -0.05) is 13.3 Å². The lowest BCUT2D eigenvalue weighted by Crippen LogP contribution is -2.44. The fourth-order valence-electron chi connectivity index (χ4n) is 3.10. The van der Waals surface area contributed by atoms with Crippen LogP contribution in [-0.4, -0.2) is 66.5 Å². The molecule has 7 heteroatoms. The molecule has 0 aromatic carbocycles. The van der Waals surface area contributed by atoms with Gasteiger partial charge in [0.05, 0.1) is 6.04 Å². The summed E-state index contributed by atoms with van der Waals surface area (Å²) in [5.74, 6) is 1.30. The second-order valence-electron chi connectivity index (χ2n) is 7.94. The molecule has 26 heavy (non-hydrogen) atoms. The highest BCUT2D eigenvalue weighted by Crippen LogP contribution is 2.14. The number of carbonyl (C=O) groups excluding carboxylic acids is 1. The number of carbonyl (C=O) groups is 1. The minimum absolute atomic E-state index is 0.0672. The summed E-state index contributed by atoms with van der Waals surface area (Å²) < 4.78 is 5.34. The van der Waals surface area contributed by atoms with E-state index < -0.39 is 5.60 Å². The average molecular weight is 371 g/mol. The number of amides is 1. The summed E-state index contributed by atoms with van der Waals surface area (Å²) in [6.07, 6.45) is 3.48. The second kappa shape index (κ2) is 11.3. The van der Waals surface area contributed by atoms with Crippen molar-refractivity contribution in [3.05, 3.63) is 0 Å². The van der Waals surface area contributed by atoms with Crippen LogP contribution < -0.4 is 10.6 Å². The largest absolute Gasteiger partial charge is 0.444 e.